The van der Waals surface area contributed by atoms with Crippen molar-refractivity contribution >= 4 is 0 Å². The minimum Gasteiger partial charge on any atom is -0.314 e. The van der Waals surface area contributed by atoms with Crippen LogP contribution in [0.2, 0.25) is 0 Å². The van der Waals surface area contributed by atoms with Crippen LogP contribution in [0.4, 0.5) is 8.78 Å². The van der Waals surface area contributed by atoms with Crippen molar-refractivity contribution in [2.75, 3.05) is 19.6 Å². The Morgan fingerprint density at radius 1 is 1.41 bits per heavy atom. The molecule has 4 heteroatoms. The number of nitrogens with one attached hydrogen (secondary N) is 1. The van der Waals surface area contributed by atoms with E-state index in [0.717, 1.165) is 25.7 Å². The standard InChI is InChI=1S/C13H18F2N2/c1-3-17(11-7-16-8-11)9(2)12-6-10(14)4-5-13(12)15/h4-6,9,11,16H,3,7-8H2,1-2H3. The second-order valence-corrected chi connectivity index (χ2v) is 4.48. The summed E-state index contributed by atoms with van der Waals surface area (Å²) in [6.07, 6.45) is 0. The monoisotopic (exact) mass is 240 g/mol. The molecule has 1 aromatic carbocycles. The average Bonchev–Trinajstić information content (AvgIpc) is 2.25. The van der Waals surface area contributed by atoms with Gasteiger partial charge in [-0.25, -0.2) is 8.78 Å². The predicted molar refractivity (Wildman–Crippen MR) is 63.8 cm³/mol. The highest BCUT2D eigenvalue weighted by atomic mass is 19.1. The molecule has 1 atom stereocenters. The second kappa shape index (κ2) is 5.10. The highest BCUT2D eigenvalue weighted by Gasteiger charge is 2.28. The fourth-order valence-electron chi connectivity index (χ4n) is 2.37. The first-order valence-electron chi connectivity index (χ1n) is 6.05. The molecule has 1 fully saturated rings. The fourth-order valence-corrected chi connectivity index (χ4v) is 2.37. The number of likely N-dealkylation sites (N-methyl/N-ethyl adjacent to an activating group) is 1. The third-order valence-corrected chi connectivity index (χ3v) is 3.50. The lowest BCUT2D eigenvalue weighted by atomic mass is 10.0. The van der Waals surface area contributed by atoms with Gasteiger partial charge in [-0.15, -0.1) is 0 Å². The summed E-state index contributed by atoms with van der Waals surface area (Å²) in [5, 5.41) is 3.20. The van der Waals surface area contributed by atoms with Crippen LogP contribution in [0.5, 0.6) is 0 Å². The lowest BCUT2D eigenvalue weighted by molar-refractivity contribution is 0.107. The lowest BCUT2D eigenvalue weighted by Crippen LogP contribution is -2.57. The third kappa shape index (κ3) is 2.48. The Morgan fingerprint density at radius 2 is 2.12 bits per heavy atom. The quantitative estimate of drug-likeness (QED) is 0.869. The Bertz CT molecular complexity index is 391. The van der Waals surface area contributed by atoms with Crippen LogP contribution < -0.4 is 5.32 Å². The lowest BCUT2D eigenvalue weighted by Gasteiger charge is -2.41. The van der Waals surface area contributed by atoms with Gasteiger partial charge in [0.2, 0.25) is 0 Å². The molecular formula is C13H18F2N2. The van der Waals surface area contributed by atoms with Crippen LogP contribution in [0.15, 0.2) is 18.2 Å². The summed E-state index contributed by atoms with van der Waals surface area (Å²) in [7, 11) is 0. The van der Waals surface area contributed by atoms with Crippen molar-refractivity contribution in [1.29, 1.82) is 0 Å². The Morgan fingerprint density at radius 3 is 2.65 bits per heavy atom. The largest absolute Gasteiger partial charge is 0.314 e. The van der Waals surface area contributed by atoms with Crippen LogP contribution in [0.1, 0.15) is 25.5 Å². The molecule has 0 saturated carbocycles. The van der Waals surface area contributed by atoms with Gasteiger partial charge in [-0.2, -0.15) is 0 Å². The molecule has 17 heavy (non-hydrogen) atoms. The van der Waals surface area contributed by atoms with E-state index in [-0.39, 0.29) is 17.7 Å². The highest BCUT2D eigenvalue weighted by Crippen LogP contribution is 2.26. The molecule has 0 amide bonds. The van der Waals surface area contributed by atoms with Crippen molar-refractivity contribution in [3.63, 3.8) is 0 Å². The van der Waals surface area contributed by atoms with Gasteiger partial charge in [-0.3, -0.25) is 4.90 Å². The molecule has 1 N–H and O–H groups in total. The second-order valence-electron chi connectivity index (χ2n) is 4.48. The molecule has 0 spiro atoms. The third-order valence-electron chi connectivity index (χ3n) is 3.50. The summed E-state index contributed by atoms with van der Waals surface area (Å²) in [6.45, 7) is 6.67. The van der Waals surface area contributed by atoms with Gasteiger partial charge >= 0.3 is 0 Å². The van der Waals surface area contributed by atoms with Crippen LogP contribution in [-0.4, -0.2) is 30.6 Å². The SMILES string of the molecule is CCN(C1CNC1)C(C)c1cc(F)ccc1F. The van der Waals surface area contributed by atoms with Crippen LogP contribution in [0, 0.1) is 11.6 Å². The first-order valence-corrected chi connectivity index (χ1v) is 6.05. The summed E-state index contributed by atoms with van der Waals surface area (Å²) in [5.74, 6) is -0.708. The number of hydrogen-bond acceptors (Lipinski definition) is 2. The van der Waals surface area contributed by atoms with E-state index in [0.29, 0.717) is 11.6 Å². The molecular weight excluding hydrogens is 222 g/mol. The molecule has 2 rings (SSSR count). The first-order chi connectivity index (χ1) is 8.13. The first kappa shape index (κ1) is 12.5. The zero-order valence-corrected chi connectivity index (χ0v) is 10.2. The molecule has 1 aromatic rings. The molecule has 0 radical (unpaired) electrons. The van der Waals surface area contributed by atoms with Crippen molar-refractivity contribution in [2.24, 2.45) is 0 Å². The molecule has 1 aliphatic rings. The minimum atomic E-state index is -0.379. The summed E-state index contributed by atoms with van der Waals surface area (Å²) in [6, 6.07) is 4.00. The topological polar surface area (TPSA) is 15.3 Å². The summed E-state index contributed by atoms with van der Waals surface area (Å²) >= 11 is 0. The molecule has 1 saturated heterocycles. The normalized spacial score (nSPS) is 18.2. The predicted octanol–water partition coefficient (Wildman–Crippen LogP) is 2.32. The Balaban J connectivity index is 2.21. The van der Waals surface area contributed by atoms with Crippen molar-refractivity contribution in [2.45, 2.75) is 25.9 Å². The fraction of sp³-hybridized carbons (Fsp3) is 0.538. The van der Waals surface area contributed by atoms with E-state index in [4.69, 9.17) is 0 Å². The molecule has 1 unspecified atom stereocenters. The number of benzene rings is 1. The maximum absolute atomic E-state index is 13.7. The van der Waals surface area contributed by atoms with Crippen molar-refractivity contribution < 1.29 is 8.78 Å². The van der Waals surface area contributed by atoms with Crippen molar-refractivity contribution in [3.8, 4) is 0 Å². The molecule has 0 aliphatic carbocycles. The van der Waals surface area contributed by atoms with Gasteiger partial charge in [-0.1, -0.05) is 6.92 Å². The van der Waals surface area contributed by atoms with Crippen LogP contribution in [-0.2, 0) is 0 Å². The van der Waals surface area contributed by atoms with E-state index in [1.165, 1.54) is 12.1 Å². The minimum absolute atomic E-state index is 0.0946. The van der Waals surface area contributed by atoms with Crippen molar-refractivity contribution in [3.05, 3.63) is 35.4 Å². The summed E-state index contributed by atoms with van der Waals surface area (Å²) in [4.78, 5) is 2.20. The Hall–Kier alpha value is -1.00. The Labute approximate surface area is 101 Å². The molecule has 2 nitrogen and oxygen atoms in total. The maximum atomic E-state index is 13.7. The highest BCUT2D eigenvalue weighted by molar-refractivity contribution is 5.22. The molecule has 1 heterocycles. The van der Waals surface area contributed by atoms with E-state index < -0.39 is 0 Å². The van der Waals surface area contributed by atoms with Gasteiger partial charge in [0, 0.05) is 30.7 Å². The average molecular weight is 240 g/mol. The maximum Gasteiger partial charge on any atom is 0.128 e. The van der Waals surface area contributed by atoms with Gasteiger partial charge in [0.1, 0.15) is 11.6 Å². The van der Waals surface area contributed by atoms with Crippen LogP contribution in [0.25, 0.3) is 0 Å². The van der Waals surface area contributed by atoms with Crippen LogP contribution in [0.3, 0.4) is 0 Å². The summed E-state index contributed by atoms with van der Waals surface area (Å²) < 4.78 is 26.9. The smallest absolute Gasteiger partial charge is 0.128 e. The molecule has 0 bridgehead atoms. The van der Waals surface area contributed by atoms with Gasteiger partial charge in [0.05, 0.1) is 0 Å². The van der Waals surface area contributed by atoms with Gasteiger partial charge in [0.25, 0.3) is 0 Å². The molecule has 0 aromatic heterocycles. The van der Waals surface area contributed by atoms with Gasteiger partial charge in [-0.05, 0) is 31.7 Å². The summed E-state index contributed by atoms with van der Waals surface area (Å²) in [5.41, 5.74) is 0.443. The van der Waals surface area contributed by atoms with E-state index in [1.807, 2.05) is 13.8 Å². The van der Waals surface area contributed by atoms with E-state index >= 15 is 0 Å². The molecule has 94 valence electrons. The van der Waals surface area contributed by atoms with Crippen LogP contribution >= 0.6 is 0 Å². The number of nitrogens with zero attached hydrogens (tertiary/aromatic N) is 1. The molecule has 1 aliphatic heterocycles. The van der Waals surface area contributed by atoms with E-state index in [9.17, 15) is 8.78 Å². The Kier molecular flexibility index (Phi) is 3.74. The van der Waals surface area contributed by atoms with Gasteiger partial charge in [0.15, 0.2) is 0 Å². The van der Waals surface area contributed by atoms with Gasteiger partial charge < -0.3 is 5.32 Å². The number of hydrogen-bond donors (Lipinski definition) is 1. The zero-order chi connectivity index (χ0) is 12.4. The van der Waals surface area contributed by atoms with E-state index in [2.05, 4.69) is 10.2 Å². The van der Waals surface area contributed by atoms with Crippen molar-refractivity contribution in [1.82, 2.24) is 10.2 Å². The van der Waals surface area contributed by atoms with E-state index in [1.54, 1.807) is 0 Å². The zero-order valence-electron chi connectivity index (χ0n) is 10.2. The number of halogens is 2. The number of rotatable bonds is 4.